The first-order valence-corrected chi connectivity index (χ1v) is 5.40. The fourth-order valence-electron chi connectivity index (χ4n) is 1.05. The molecule has 0 radical (unpaired) electrons. The number of hydrogen-bond acceptors (Lipinski definition) is 2. The third-order valence-electron chi connectivity index (χ3n) is 1.67. The lowest BCUT2D eigenvalue weighted by Crippen LogP contribution is -2.07. The molecule has 14 heavy (non-hydrogen) atoms. The molecule has 0 N–H and O–H groups in total. The van der Waals surface area contributed by atoms with Gasteiger partial charge in [0, 0.05) is 4.47 Å². The molecule has 4 heteroatoms. The minimum Gasteiger partial charge on any atom is -0.466 e. The van der Waals surface area contributed by atoms with E-state index in [-0.39, 0.29) is 12.4 Å². The van der Waals surface area contributed by atoms with Crippen molar-refractivity contribution in [3.05, 3.63) is 33.3 Å². The smallest absolute Gasteiger partial charge is 0.310 e. The molecule has 0 saturated heterocycles. The van der Waals surface area contributed by atoms with Gasteiger partial charge in [0.1, 0.15) is 0 Å². The minimum atomic E-state index is -0.240. The first-order valence-electron chi connectivity index (χ1n) is 4.23. The molecular formula is C10H10BrClO2. The van der Waals surface area contributed by atoms with Crippen LogP contribution in [0, 0.1) is 0 Å². The molecule has 0 atom stereocenters. The molecule has 2 nitrogen and oxygen atoms in total. The van der Waals surface area contributed by atoms with Crippen molar-refractivity contribution >= 4 is 33.5 Å². The van der Waals surface area contributed by atoms with Gasteiger partial charge < -0.3 is 4.74 Å². The largest absolute Gasteiger partial charge is 0.466 e. The van der Waals surface area contributed by atoms with Crippen LogP contribution in [0.5, 0.6) is 0 Å². The van der Waals surface area contributed by atoms with E-state index in [4.69, 9.17) is 16.3 Å². The fourth-order valence-corrected chi connectivity index (χ4v) is 1.65. The van der Waals surface area contributed by atoms with Crippen LogP contribution in [0.15, 0.2) is 22.7 Å². The number of hydrogen-bond donors (Lipinski definition) is 0. The quantitative estimate of drug-likeness (QED) is 0.793. The van der Waals surface area contributed by atoms with Gasteiger partial charge in [-0.1, -0.05) is 23.7 Å². The van der Waals surface area contributed by atoms with Gasteiger partial charge in [-0.15, -0.1) is 0 Å². The second-order valence-corrected chi connectivity index (χ2v) is 3.89. The predicted molar refractivity (Wildman–Crippen MR) is 59.5 cm³/mol. The van der Waals surface area contributed by atoms with E-state index in [1.54, 1.807) is 13.0 Å². The van der Waals surface area contributed by atoms with Gasteiger partial charge in [-0.05, 0) is 34.5 Å². The maximum atomic E-state index is 11.2. The van der Waals surface area contributed by atoms with E-state index >= 15 is 0 Å². The number of rotatable bonds is 3. The van der Waals surface area contributed by atoms with Crippen molar-refractivity contribution in [2.45, 2.75) is 13.3 Å². The van der Waals surface area contributed by atoms with Gasteiger partial charge in [0.25, 0.3) is 0 Å². The molecule has 1 rings (SSSR count). The summed E-state index contributed by atoms with van der Waals surface area (Å²) in [5, 5.41) is 0.604. The van der Waals surface area contributed by atoms with E-state index in [0.717, 1.165) is 10.0 Å². The summed E-state index contributed by atoms with van der Waals surface area (Å²) in [6.07, 6.45) is 0.245. The van der Waals surface area contributed by atoms with Crippen molar-refractivity contribution in [3.8, 4) is 0 Å². The molecule has 0 aromatic heterocycles. The number of esters is 1. The van der Waals surface area contributed by atoms with Crippen molar-refractivity contribution in [3.63, 3.8) is 0 Å². The zero-order valence-corrected chi connectivity index (χ0v) is 10.1. The highest BCUT2D eigenvalue weighted by atomic mass is 79.9. The minimum absolute atomic E-state index is 0.240. The summed E-state index contributed by atoms with van der Waals surface area (Å²) in [4.78, 5) is 11.2. The van der Waals surface area contributed by atoms with Gasteiger partial charge in [0.15, 0.2) is 0 Å². The van der Waals surface area contributed by atoms with Crippen LogP contribution in [0.1, 0.15) is 12.5 Å². The van der Waals surface area contributed by atoms with Gasteiger partial charge in [-0.25, -0.2) is 0 Å². The third kappa shape index (κ3) is 3.00. The van der Waals surface area contributed by atoms with Crippen LogP contribution in [0.3, 0.4) is 0 Å². The normalized spacial score (nSPS) is 9.93. The number of carbonyl (C=O) groups is 1. The van der Waals surface area contributed by atoms with Crippen molar-refractivity contribution in [2.75, 3.05) is 6.61 Å². The van der Waals surface area contributed by atoms with Gasteiger partial charge in [0.2, 0.25) is 0 Å². The Bertz CT molecular complexity index is 339. The molecule has 0 aliphatic carbocycles. The average Bonchev–Trinajstić information content (AvgIpc) is 2.13. The lowest BCUT2D eigenvalue weighted by molar-refractivity contribution is -0.142. The van der Waals surface area contributed by atoms with Crippen molar-refractivity contribution in [2.24, 2.45) is 0 Å². The summed E-state index contributed by atoms with van der Waals surface area (Å²) < 4.78 is 5.60. The maximum absolute atomic E-state index is 11.2. The van der Waals surface area contributed by atoms with Crippen molar-refractivity contribution in [1.29, 1.82) is 0 Å². The van der Waals surface area contributed by atoms with E-state index in [1.807, 2.05) is 12.1 Å². The number of ether oxygens (including phenoxy) is 1. The molecule has 76 valence electrons. The van der Waals surface area contributed by atoms with Gasteiger partial charge in [-0.2, -0.15) is 0 Å². The zero-order valence-electron chi connectivity index (χ0n) is 7.72. The SMILES string of the molecule is CCOC(=O)Cc1cccc(Cl)c1Br. The zero-order chi connectivity index (χ0) is 10.6. The summed E-state index contributed by atoms with van der Waals surface area (Å²) in [7, 11) is 0. The van der Waals surface area contributed by atoms with Crippen LogP contribution in [0.4, 0.5) is 0 Å². The molecule has 0 spiro atoms. The van der Waals surface area contributed by atoms with Gasteiger partial charge >= 0.3 is 5.97 Å². The highest BCUT2D eigenvalue weighted by molar-refractivity contribution is 9.10. The first-order chi connectivity index (χ1) is 6.65. The molecule has 1 aromatic rings. The number of halogens is 2. The van der Waals surface area contributed by atoms with E-state index in [2.05, 4.69) is 15.9 Å². The van der Waals surface area contributed by atoms with Gasteiger partial charge in [-0.3, -0.25) is 4.79 Å². The standard InChI is InChI=1S/C10H10BrClO2/c1-2-14-9(13)6-7-4-3-5-8(12)10(7)11/h3-5H,2,6H2,1H3. The fraction of sp³-hybridized carbons (Fsp3) is 0.300. The lowest BCUT2D eigenvalue weighted by Gasteiger charge is -2.05. The van der Waals surface area contributed by atoms with E-state index in [9.17, 15) is 4.79 Å². The van der Waals surface area contributed by atoms with E-state index in [1.165, 1.54) is 0 Å². The van der Waals surface area contributed by atoms with Crippen LogP contribution in [0.2, 0.25) is 5.02 Å². The topological polar surface area (TPSA) is 26.3 Å². The molecule has 0 unspecified atom stereocenters. The molecule has 0 fully saturated rings. The summed E-state index contributed by atoms with van der Waals surface area (Å²) in [6.45, 7) is 2.18. The molecule has 0 aliphatic heterocycles. The van der Waals surface area contributed by atoms with Crippen LogP contribution < -0.4 is 0 Å². The molecule has 0 aliphatic rings. The Morgan fingerprint density at radius 2 is 2.29 bits per heavy atom. The first kappa shape index (κ1) is 11.5. The molecule has 0 amide bonds. The van der Waals surface area contributed by atoms with Crippen molar-refractivity contribution < 1.29 is 9.53 Å². The Morgan fingerprint density at radius 1 is 1.57 bits per heavy atom. The van der Waals surface area contributed by atoms with E-state index in [0.29, 0.717) is 11.6 Å². The molecular weight excluding hydrogens is 267 g/mol. The molecule has 1 aromatic carbocycles. The number of benzene rings is 1. The van der Waals surface area contributed by atoms with Crippen LogP contribution in [-0.4, -0.2) is 12.6 Å². The van der Waals surface area contributed by atoms with Crippen molar-refractivity contribution in [1.82, 2.24) is 0 Å². The predicted octanol–water partition coefficient (Wildman–Crippen LogP) is 3.21. The average molecular weight is 278 g/mol. The summed E-state index contributed by atoms with van der Waals surface area (Å²) in [6, 6.07) is 5.41. The highest BCUT2D eigenvalue weighted by Crippen LogP contribution is 2.26. The Morgan fingerprint density at radius 3 is 2.93 bits per heavy atom. The Kier molecular flexibility index (Phi) is 4.42. The summed E-state index contributed by atoms with van der Waals surface area (Å²) in [5.41, 5.74) is 0.843. The number of carbonyl (C=O) groups excluding carboxylic acids is 1. The third-order valence-corrected chi connectivity index (χ3v) is 3.15. The Labute approximate surface area is 96.3 Å². The van der Waals surface area contributed by atoms with Crippen LogP contribution in [-0.2, 0) is 16.0 Å². The Hall–Kier alpha value is -0.540. The molecule has 0 bridgehead atoms. The molecule has 0 saturated carbocycles. The summed E-state index contributed by atoms with van der Waals surface area (Å²) in [5.74, 6) is -0.240. The molecule has 0 heterocycles. The Balaban J connectivity index is 2.76. The van der Waals surface area contributed by atoms with E-state index < -0.39 is 0 Å². The van der Waals surface area contributed by atoms with Crippen LogP contribution >= 0.6 is 27.5 Å². The highest BCUT2D eigenvalue weighted by Gasteiger charge is 2.08. The maximum Gasteiger partial charge on any atom is 0.310 e. The summed E-state index contributed by atoms with van der Waals surface area (Å²) >= 11 is 9.20. The lowest BCUT2D eigenvalue weighted by atomic mass is 10.1. The van der Waals surface area contributed by atoms with Gasteiger partial charge in [0.05, 0.1) is 18.1 Å². The second kappa shape index (κ2) is 5.37. The van der Waals surface area contributed by atoms with Crippen LogP contribution in [0.25, 0.3) is 0 Å². The second-order valence-electron chi connectivity index (χ2n) is 2.69. The monoisotopic (exact) mass is 276 g/mol.